The second-order valence-corrected chi connectivity index (χ2v) is 5.83. The number of nitrogens with one attached hydrogen (secondary N) is 1. The van der Waals surface area contributed by atoms with Gasteiger partial charge in [-0.1, -0.05) is 28.1 Å². The molecule has 0 saturated carbocycles. The van der Waals surface area contributed by atoms with Crippen LogP contribution in [-0.4, -0.2) is 32.8 Å². The SMILES string of the molecule is COc1ncccc1C(=O)Nc1ncn(Cc2cccc(Br)c2)n1. The molecule has 0 bridgehead atoms. The summed E-state index contributed by atoms with van der Waals surface area (Å²) in [6.45, 7) is 0.554. The highest BCUT2D eigenvalue weighted by atomic mass is 79.9. The number of anilines is 1. The average molecular weight is 388 g/mol. The smallest absolute Gasteiger partial charge is 0.263 e. The molecule has 122 valence electrons. The lowest BCUT2D eigenvalue weighted by atomic mass is 10.2. The lowest BCUT2D eigenvalue weighted by Gasteiger charge is -2.05. The molecular weight excluding hydrogens is 374 g/mol. The van der Waals surface area contributed by atoms with E-state index in [0.29, 0.717) is 12.1 Å². The molecule has 0 aliphatic carbocycles. The van der Waals surface area contributed by atoms with E-state index in [-0.39, 0.29) is 17.7 Å². The van der Waals surface area contributed by atoms with Crippen molar-refractivity contribution in [1.29, 1.82) is 0 Å². The molecular formula is C16H14BrN5O2. The predicted molar refractivity (Wildman–Crippen MR) is 92.0 cm³/mol. The van der Waals surface area contributed by atoms with Gasteiger partial charge in [-0.3, -0.25) is 10.1 Å². The summed E-state index contributed by atoms with van der Waals surface area (Å²) in [5.41, 5.74) is 1.39. The number of benzene rings is 1. The Morgan fingerprint density at radius 3 is 2.96 bits per heavy atom. The van der Waals surface area contributed by atoms with E-state index in [1.165, 1.54) is 7.11 Å². The van der Waals surface area contributed by atoms with Crippen LogP contribution in [0.2, 0.25) is 0 Å². The summed E-state index contributed by atoms with van der Waals surface area (Å²) in [4.78, 5) is 20.4. The molecule has 3 aromatic rings. The maximum Gasteiger partial charge on any atom is 0.263 e. The van der Waals surface area contributed by atoms with Crippen molar-refractivity contribution < 1.29 is 9.53 Å². The van der Waals surface area contributed by atoms with Gasteiger partial charge in [-0.05, 0) is 29.8 Å². The first kappa shape index (κ1) is 16.1. The van der Waals surface area contributed by atoms with Crippen LogP contribution in [0, 0.1) is 0 Å². The van der Waals surface area contributed by atoms with Gasteiger partial charge in [-0.2, -0.15) is 0 Å². The number of hydrogen-bond donors (Lipinski definition) is 1. The van der Waals surface area contributed by atoms with Gasteiger partial charge in [0.15, 0.2) is 0 Å². The molecule has 2 heterocycles. The lowest BCUT2D eigenvalue weighted by Crippen LogP contribution is -2.15. The molecule has 0 radical (unpaired) electrons. The van der Waals surface area contributed by atoms with Gasteiger partial charge in [0.25, 0.3) is 5.91 Å². The normalized spacial score (nSPS) is 10.4. The molecule has 0 aliphatic rings. The molecule has 0 atom stereocenters. The van der Waals surface area contributed by atoms with Crippen molar-refractivity contribution in [2.24, 2.45) is 0 Å². The van der Waals surface area contributed by atoms with E-state index >= 15 is 0 Å². The van der Waals surface area contributed by atoms with Crippen LogP contribution < -0.4 is 10.1 Å². The van der Waals surface area contributed by atoms with E-state index in [2.05, 4.69) is 36.3 Å². The quantitative estimate of drug-likeness (QED) is 0.727. The van der Waals surface area contributed by atoms with E-state index in [9.17, 15) is 4.79 Å². The molecule has 8 heteroatoms. The minimum absolute atomic E-state index is 0.223. The Bertz CT molecular complexity index is 865. The Kier molecular flexibility index (Phi) is 4.85. The van der Waals surface area contributed by atoms with Gasteiger partial charge in [0.1, 0.15) is 11.9 Å². The zero-order valence-electron chi connectivity index (χ0n) is 12.8. The van der Waals surface area contributed by atoms with Crippen LogP contribution in [0.5, 0.6) is 5.88 Å². The van der Waals surface area contributed by atoms with E-state index in [1.807, 2.05) is 24.3 Å². The standard InChI is InChI=1S/C16H14BrN5O2/c1-24-15-13(6-3-7-18-15)14(23)20-16-19-10-22(21-16)9-11-4-2-5-12(17)8-11/h2-8,10H,9H2,1H3,(H,20,21,23). The highest BCUT2D eigenvalue weighted by Crippen LogP contribution is 2.15. The third-order valence-electron chi connectivity index (χ3n) is 3.20. The summed E-state index contributed by atoms with van der Waals surface area (Å²) in [5, 5.41) is 6.89. The molecule has 24 heavy (non-hydrogen) atoms. The van der Waals surface area contributed by atoms with Gasteiger partial charge in [0, 0.05) is 10.7 Å². The van der Waals surface area contributed by atoms with E-state index in [4.69, 9.17) is 4.74 Å². The molecule has 0 unspecified atom stereocenters. The maximum absolute atomic E-state index is 12.3. The Morgan fingerprint density at radius 1 is 1.29 bits per heavy atom. The fraction of sp³-hybridized carbons (Fsp3) is 0.125. The molecule has 1 aromatic carbocycles. The minimum atomic E-state index is -0.375. The third-order valence-corrected chi connectivity index (χ3v) is 3.70. The lowest BCUT2D eigenvalue weighted by molar-refractivity contribution is 0.102. The van der Waals surface area contributed by atoms with Crippen LogP contribution in [-0.2, 0) is 6.54 Å². The topological polar surface area (TPSA) is 81.9 Å². The molecule has 1 amide bonds. The fourth-order valence-electron chi connectivity index (χ4n) is 2.15. The number of hydrogen-bond acceptors (Lipinski definition) is 5. The van der Waals surface area contributed by atoms with Gasteiger partial charge in [-0.15, -0.1) is 5.10 Å². The second kappa shape index (κ2) is 7.22. The second-order valence-electron chi connectivity index (χ2n) is 4.91. The van der Waals surface area contributed by atoms with Gasteiger partial charge in [-0.25, -0.2) is 14.6 Å². The van der Waals surface area contributed by atoms with Crippen molar-refractivity contribution in [2.45, 2.75) is 6.54 Å². The van der Waals surface area contributed by atoms with Crippen LogP contribution in [0.1, 0.15) is 15.9 Å². The van der Waals surface area contributed by atoms with E-state index in [0.717, 1.165) is 10.0 Å². The number of ether oxygens (including phenoxy) is 1. The first-order valence-corrected chi connectivity index (χ1v) is 7.89. The zero-order valence-corrected chi connectivity index (χ0v) is 14.4. The average Bonchev–Trinajstić information content (AvgIpc) is 3.01. The van der Waals surface area contributed by atoms with Crippen LogP contribution in [0.3, 0.4) is 0 Å². The molecule has 3 rings (SSSR count). The van der Waals surface area contributed by atoms with Gasteiger partial charge < -0.3 is 4.74 Å². The van der Waals surface area contributed by atoms with Crippen molar-refractivity contribution in [3.05, 3.63) is 64.5 Å². The summed E-state index contributed by atoms with van der Waals surface area (Å²) >= 11 is 3.43. The monoisotopic (exact) mass is 387 g/mol. The van der Waals surface area contributed by atoms with E-state index in [1.54, 1.807) is 29.3 Å². The van der Waals surface area contributed by atoms with Crippen LogP contribution in [0.15, 0.2) is 53.4 Å². The van der Waals surface area contributed by atoms with Crippen molar-refractivity contribution in [2.75, 3.05) is 12.4 Å². The molecule has 2 aromatic heterocycles. The van der Waals surface area contributed by atoms with Crippen molar-refractivity contribution >= 4 is 27.8 Å². The van der Waals surface area contributed by atoms with Gasteiger partial charge in [0.2, 0.25) is 11.8 Å². The number of rotatable bonds is 5. The number of aromatic nitrogens is 4. The summed E-state index contributed by atoms with van der Waals surface area (Å²) in [7, 11) is 1.46. The molecule has 7 nitrogen and oxygen atoms in total. The molecule has 0 spiro atoms. The van der Waals surface area contributed by atoms with Crippen molar-refractivity contribution in [3.63, 3.8) is 0 Å². The Balaban J connectivity index is 1.71. The highest BCUT2D eigenvalue weighted by molar-refractivity contribution is 9.10. The first-order valence-electron chi connectivity index (χ1n) is 7.10. The van der Waals surface area contributed by atoms with Gasteiger partial charge >= 0.3 is 0 Å². The number of methoxy groups -OCH3 is 1. The zero-order chi connectivity index (χ0) is 16.9. The van der Waals surface area contributed by atoms with Crippen LogP contribution in [0.25, 0.3) is 0 Å². The fourth-order valence-corrected chi connectivity index (χ4v) is 2.59. The molecule has 0 fully saturated rings. The Hall–Kier alpha value is -2.74. The number of nitrogens with zero attached hydrogens (tertiary/aromatic N) is 4. The number of halogens is 1. The number of pyridine rings is 1. The van der Waals surface area contributed by atoms with Crippen molar-refractivity contribution in [1.82, 2.24) is 19.7 Å². The number of carbonyl (C=O) groups is 1. The predicted octanol–water partition coefficient (Wildman–Crippen LogP) is 2.74. The molecule has 1 N–H and O–H groups in total. The van der Waals surface area contributed by atoms with Crippen molar-refractivity contribution in [3.8, 4) is 5.88 Å². The summed E-state index contributed by atoms with van der Waals surface area (Å²) < 4.78 is 7.73. The Labute approximate surface area is 146 Å². The van der Waals surface area contributed by atoms with Crippen LogP contribution >= 0.6 is 15.9 Å². The maximum atomic E-state index is 12.3. The summed E-state index contributed by atoms with van der Waals surface area (Å²) in [6, 6.07) is 11.2. The van der Waals surface area contributed by atoms with E-state index < -0.39 is 0 Å². The largest absolute Gasteiger partial charge is 0.480 e. The van der Waals surface area contributed by atoms with Crippen LogP contribution in [0.4, 0.5) is 5.95 Å². The Morgan fingerprint density at radius 2 is 2.17 bits per heavy atom. The first-order chi connectivity index (χ1) is 11.7. The van der Waals surface area contributed by atoms with Gasteiger partial charge in [0.05, 0.1) is 13.7 Å². The summed E-state index contributed by atoms with van der Waals surface area (Å²) in [6.07, 6.45) is 3.12. The number of carbonyl (C=O) groups excluding carboxylic acids is 1. The molecule has 0 aliphatic heterocycles. The highest BCUT2D eigenvalue weighted by Gasteiger charge is 2.14. The summed E-state index contributed by atoms with van der Waals surface area (Å²) in [5.74, 6) is 0.102. The molecule has 0 saturated heterocycles. The minimum Gasteiger partial charge on any atom is -0.480 e. The third kappa shape index (κ3) is 3.77. The number of amides is 1.